The summed E-state index contributed by atoms with van der Waals surface area (Å²) in [6.07, 6.45) is 5.26. The molecule has 2 aliphatic rings. The number of aromatic nitrogens is 2. The van der Waals surface area contributed by atoms with Crippen molar-refractivity contribution in [1.29, 1.82) is 0 Å². The lowest BCUT2D eigenvalue weighted by Crippen LogP contribution is -2.53. The van der Waals surface area contributed by atoms with E-state index in [-0.39, 0.29) is 0 Å². The summed E-state index contributed by atoms with van der Waals surface area (Å²) in [6, 6.07) is 1.88. The molecule has 1 saturated carbocycles. The average molecular weight is 277 g/mol. The molecular formula is C14H23N5O. The summed E-state index contributed by atoms with van der Waals surface area (Å²) in [5, 5.41) is 10.7. The summed E-state index contributed by atoms with van der Waals surface area (Å²) < 4.78 is 0. The number of anilines is 2. The van der Waals surface area contributed by atoms with Gasteiger partial charge in [0.1, 0.15) is 17.5 Å². The van der Waals surface area contributed by atoms with E-state index >= 15 is 0 Å². The molecule has 6 nitrogen and oxygen atoms in total. The van der Waals surface area contributed by atoms with E-state index in [0.717, 1.165) is 44.6 Å². The van der Waals surface area contributed by atoms with Crippen molar-refractivity contribution in [3.8, 4) is 0 Å². The van der Waals surface area contributed by atoms with E-state index in [1.807, 2.05) is 13.0 Å². The van der Waals surface area contributed by atoms with Crippen LogP contribution in [0.1, 0.15) is 37.9 Å². The SMILES string of the molecule is Cc1nc(NN)cc(N2CCC3(O)CCCCC3C2)n1. The van der Waals surface area contributed by atoms with E-state index in [1.54, 1.807) is 0 Å². The van der Waals surface area contributed by atoms with Crippen LogP contribution in [0.15, 0.2) is 6.07 Å². The lowest BCUT2D eigenvalue weighted by Gasteiger charge is -2.47. The van der Waals surface area contributed by atoms with Gasteiger partial charge in [0.2, 0.25) is 0 Å². The second kappa shape index (κ2) is 5.18. The second-order valence-electron chi connectivity index (χ2n) is 6.05. The summed E-state index contributed by atoms with van der Waals surface area (Å²) in [5.74, 6) is 8.05. The third-order valence-electron chi connectivity index (χ3n) is 4.72. The molecule has 1 aliphatic carbocycles. The molecule has 0 amide bonds. The third kappa shape index (κ3) is 2.45. The molecule has 20 heavy (non-hydrogen) atoms. The molecule has 2 fully saturated rings. The molecule has 3 rings (SSSR count). The Hall–Kier alpha value is -1.40. The molecule has 6 heteroatoms. The Bertz CT molecular complexity index is 494. The van der Waals surface area contributed by atoms with Crippen molar-refractivity contribution >= 4 is 11.6 Å². The van der Waals surface area contributed by atoms with Gasteiger partial charge >= 0.3 is 0 Å². The number of hydrogen-bond acceptors (Lipinski definition) is 6. The summed E-state index contributed by atoms with van der Waals surface area (Å²) in [5.41, 5.74) is 2.13. The number of rotatable bonds is 2. The smallest absolute Gasteiger partial charge is 0.145 e. The Labute approximate surface area is 119 Å². The standard InChI is InChI=1S/C14H23N5O/c1-10-16-12(18-15)8-13(17-10)19-7-6-14(20)5-3-2-4-11(14)9-19/h8,11,20H,2-7,9,15H2,1H3,(H,16,17,18). The molecule has 2 atom stereocenters. The first kappa shape index (κ1) is 13.6. The van der Waals surface area contributed by atoms with Crippen LogP contribution < -0.4 is 16.2 Å². The lowest BCUT2D eigenvalue weighted by molar-refractivity contribution is -0.0613. The Morgan fingerprint density at radius 3 is 3.05 bits per heavy atom. The number of nitrogens with two attached hydrogens (primary N) is 1. The van der Waals surface area contributed by atoms with E-state index in [4.69, 9.17) is 5.84 Å². The van der Waals surface area contributed by atoms with Gasteiger partial charge in [0, 0.05) is 25.1 Å². The Morgan fingerprint density at radius 2 is 2.25 bits per heavy atom. The largest absolute Gasteiger partial charge is 0.389 e. The van der Waals surface area contributed by atoms with Crippen LogP contribution in [0.5, 0.6) is 0 Å². The molecule has 4 N–H and O–H groups in total. The van der Waals surface area contributed by atoms with Gasteiger partial charge in [0.25, 0.3) is 0 Å². The topological polar surface area (TPSA) is 87.3 Å². The number of hydrazine groups is 1. The van der Waals surface area contributed by atoms with Crippen molar-refractivity contribution in [2.75, 3.05) is 23.4 Å². The zero-order valence-electron chi connectivity index (χ0n) is 12.0. The maximum atomic E-state index is 10.7. The number of nitrogens with zero attached hydrogens (tertiary/aromatic N) is 3. The van der Waals surface area contributed by atoms with Gasteiger partial charge in [0.15, 0.2) is 0 Å². The first-order valence-electron chi connectivity index (χ1n) is 7.40. The molecule has 2 unspecified atom stereocenters. The zero-order valence-corrected chi connectivity index (χ0v) is 12.0. The fourth-order valence-corrected chi connectivity index (χ4v) is 3.57. The predicted octanol–water partition coefficient (Wildman–Crippen LogP) is 1.20. The minimum absolute atomic E-state index is 0.356. The highest BCUT2D eigenvalue weighted by Gasteiger charge is 2.43. The minimum atomic E-state index is -0.453. The Balaban J connectivity index is 1.80. The van der Waals surface area contributed by atoms with E-state index in [1.165, 1.54) is 6.42 Å². The van der Waals surface area contributed by atoms with Crippen LogP contribution in [-0.4, -0.2) is 33.8 Å². The van der Waals surface area contributed by atoms with Crippen LogP contribution in [0.4, 0.5) is 11.6 Å². The molecule has 110 valence electrons. The maximum Gasteiger partial charge on any atom is 0.145 e. The van der Waals surface area contributed by atoms with Gasteiger partial charge in [-0.05, 0) is 26.2 Å². The summed E-state index contributed by atoms with van der Waals surface area (Å²) in [4.78, 5) is 11.0. The lowest BCUT2D eigenvalue weighted by atomic mass is 9.71. The molecule has 0 radical (unpaired) electrons. The average Bonchev–Trinajstić information content (AvgIpc) is 2.45. The second-order valence-corrected chi connectivity index (χ2v) is 6.05. The third-order valence-corrected chi connectivity index (χ3v) is 4.72. The van der Waals surface area contributed by atoms with Gasteiger partial charge in [-0.2, -0.15) is 0 Å². The van der Waals surface area contributed by atoms with Crippen LogP contribution in [0.2, 0.25) is 0 Å². The highest BCUT2D eigenvalue weighted by molar-refractivity contribution is 5.49. The van der Waals surface area contributed by atoms with Crippen molar-refractivity contribution in [2.24, 2.45) is 11.8 Å². The first-order valence-corrected chi connectivity index (χ1v) is 7.40. The fourth-order valence-electron chi connectivity index (χ4n) is 3.57. The number of hydrogen-bond donors (Lipinski definition) is 3. The zero-order chi connectivity index (χ0) is 14.2. The van der Waals surface area contributed by atoms with Gasteiger partial charge in [-0.25, -0.2) is 15.8 Å². The predicted molar refractivity (Wildman–Crippen MR) is 78.3 cm³/mol. The van der Waals surface area contributed by atoms with Crippen LogP contribution in [0.25, 0.3) is 0 Å². The molecule has 0 spiro atoms. The highest BCUT2D eigenvalue weighted by atomic mass is 16.3. The molecule has 1 aromatic rings. The number of nitrogens with one attached hydrogen (secondary N) is 1. The number of piperidine rings is 1. The quantitative estimate of drug-likeness (QED) is 0.556. The van der Waals surface area contributed by atoms with Crippen LogP contribution in [-0.2, 0) is 0 Å². The Morgan fingerprint density at radius 1 is 1.40 bits per heavy atom. The number of fused-ring (bicyclic) bond motifs is 1. The number of aryl methyl sites for hydroxylation is 1. The van der Waals surface area contributed by atoms with Crippen molar-refractivity contribution in [3.63, 3.8) is 0 Å². The molecule has 2 heterocycles. The summed E-state index contributed by atoms with van der Waals surface area (Å²) >= 11 is 0. The molecule has 1 saturated heterocycles. The minimum Gasteiger partial charge on any atom is -0.389 e. The van der Waals surface area contributed by atoms with Crippen molar-refractivity contribution in [2.45, 2.75) is 44.6 Å². The van der Waals surface area contributed by atoms with Crippen molar-refractivity contribution in [3.05, 3.63) is 11.9 Å². The van der Waals surface area contributed by atoms with Gasteiger partial charge in [-0.1, -0.05) is 12.8 Å². The van der Waals surface area contributed by atoms with Gasteiger partial charge in [-0.3, -0.25) is 0 Å². The monoisotopic (exact) mass is 277 g/mol. The summed E-state index contributed by atoms with van der Waals surface area (Å²) in [6.45, 7) is 3.58. The van der Waals surface area contributed by atoms with Gasteiger partial charge < -0.3 is 15.4 Å². The van der Waals surface area contributed by atoms with E-state index in [9.17, 15) is 5.11 Å². The molecule has 0 aromatic carbocycles. The normalized spacial score (nSPS) is 29.9. The van der Waals surface area contributed by atoms with Gasteiger partial charge in [0.05, 0.1) is 5.60 Å². The van der Waals surface area contributed by atoms with E-state index < -0.39 is 5.60 Å². The number of nitrogen functional groups attached to an aromatic ring is 1. The Kier molecular flexibility index (Phi) is 3.52. The molecular weight excluding hydrogens is 254 g/mol. The highest BCUT2D eigenvalue weighted by Crippen LogP contribution is 2.40. The van der Waals surface area contributed by atoms with Crippen LogP contribution in [0, 0.1) is 12.8 Å². The van der Waals surface area contributed by atoms with E-state index in [2.05, 4.69) is 20.3 Å². The molecule has 1 aromatic heterocycles. The summed E-state index contributed by atoms with van der Waals surface area (Å²) in [7, 11) is 0. The van der Waals surface area contributed by atoms with Crippen LogP contribution >= 0.6 is 0 Å². The molecule has 0 bridgehead atoms. The maximum absolute atomic E-state index is 10.7. The van der Waals surface area contributed by atoms with E-state index in [0.29, 0.717) is 17.6 Å². The van der Waals surface area contributed by atoms with Gasteiger partial charge in [-0.15, -0.1) is 0 Å². The van der Waals surface area contributed by atoms with Crippen molar-refractivity contribution < 1.29 is 5.11 Å². The first-order chi connectivity index (χ1) is 9.60. The number of aliphatic hydroxyl groups is 1. The van der Waals surface area contributed by atoms with Crippen molar-refractivity contribution in [1.82, 2.24) is 9.97 Å². The molecule has 1 aliphatic heterocycles. The fraction of sp³-hybridized carbons (Fsp3) is 0.714. The van der Waals surface area contributed by atoms with Crippen LogP contribution in [0.3, 0.4) is 0 Å².